The normalized spacial score (nSPS) is 18.5. The smallest absolute Gasteiger partial charge is 0.309 e. The van der Waals surface area contributed by atoms with E-state index >= 15 is 0 Å². The first-order valence-corrected chi connectivity index (χ1v) is 10.7. The van der Waals surface area contributed by atoms with E-state index < -0.39 is 0 Å². The maximum atomic E-state index is 12.4. The van der Waals surface area contributed by atoms with Crippen molar-refractivity contribution in [2.75, 3.05) is 0 Å². The van der Waals surface area contributed by atoms with Crippen molar-refractivity contribution in [1.82, 2.24) is 0 Å². The van der Waals surface area contributed by atoms with Crippen LogP contribution in [0, 0.1) is 5.92 Å². The number of hydrogen-bond acceptors (Lipinski definition) is 3. The zero-order valence-corrected chi connectivity index (χ0v) is 17.2. The van der Waals surface area contributed by atoms with Crippen LogP contribution in [0.15, 0.2) is 84.9 Å². The Kier molecular flexibility index (Phi) is 6.81. The van der Waals surface area contributed by atoms with Crippen LogP contribution in [0.1, 0.15) is 48.3 Å². The first kappa shape index (κ1) is 20.2. The van der Waals surface area contributed by atoms with E-state index in [0.29, 0.717) is 19.1 Å². The summed E-state index contributed by atoms with van der Waals surface area (Å²) in [6.07, 6.45) is 3.83. The lowest BCUT2D eigenvalue weighted by atomic mass is 9.79. The Bertz CT molecular complexity index is 911. The van der Waals surface area contributed by atoms with E-state index in [4.69, 9.17) is 9.47 Å². The minimum Gasteiger partial charge on any atom is -0.489 e. The van der Waals surface area contributed by atoms with Gasteiger partial charge in [-0.25, -0.2) is 0 Å². The van der Waals surface area contributed by atoms with Crippen LogP contribution in [0.5, 0.6) is 5.75 Å². The van der Waals surface area contributed by atoms with Crippen molar-refractivity contribution in [3.63, 3.8) is 0 Å². The van der Waals surface area contributed by atoms with E-state index in [0.717, 1.165) is 37.0 Å². The van der Waals surface area contributed by atoms with E-state index in [9.17, 15) is 4.79 Å². The van der Waals surface area contributed by atoms with Crippen LogP contribution in [0.4, 0.5) is 0 Å². The van der Waals surface area contributed by atoms with Crippen molar-refractivity contribution in [3.8, 4) is 5.75 Å². The number of carbonyl (C=O) groups excluding carboxylic acids is 1. The van der Waals surface area contributed by atoms with Gasteiger partial charge < -0.3 is 9.47 Å². The van der Waals surface area contributed by atoms with E-state index in [1.165, 1.54) is 11.1 Å². The molecular weight excluding hydrogens is 372 g/mol. The summed E-state index contributed by atoms with van der Waals surface area (Å²) in [6, 6.07) is 28.5. The third-order valence-electron chi connectivity index (χ3n) is 5.88. The minimum atomic E-state index is -0.0537. The van der Waals surface area contributed by atoms with Gasteiger partial charge in [-0.05, 0) is 60.4 Å². The summed E-state index contributed by atoms with van der Waals surface area (Å²) in [6.45, 7) is 0.945. The molecule has 3 aromatic rings. The first-order valence-electron chi connectivity index (χ1n) is 10.7. The summed E-state index contributed by atoms with van der Waals surface area (Å²) in [5, 5.41) is 0. The number of benzene rings is 3. The Morgan fingerprint density at radius 3 is 1.87 bits per heavy atom. The van der Waals surface area contributed by atoms with Gasteiger partial charge in [0.15, 0.2) is 0 Å². The van der Waals surface area contributed by atoms with E-state index in [1.807, 2.05) is 48.5 Å². The number of esters is 1. The molecular formula is C27H28O3. The topological polar surface area (TPSA) is 35.5 Å². The molecule has 0 aromatic heterocycles. The van der Waals surface area contributed by atoms with Gasteiger partial charge in [0.05, 0.1) is 5.92 Å². The van der Waals surface area contributed by atoms with E-state index in [2.05, 4.69) is 36.4 Å². The highest BCUT2D eigenvalue weighted by Gasteiger charge is 2.28. The van der Waals surface area contributed by atoms with Crippen molar-refractivity contribution >= 4 is 5.97 Å². The van der Waals surface area contributed by atoms with Gasteiger partial charge in [-0.2, -0.15) is 0 Å². The van der Waals surface area contributed by atoms with Crippen LogP contribution in [0.25, 0.3) is 0 Å². The van der Waals surface area contributed by atoms with Crippen molar-refractivity contribution in [2.24, 2.45) is 5.92 Å². The van der Waals surface area contributed by atoms with Crippen molar-refractivity contribution in [1.29, 1.82) is 0 Å². The fourth-order valence-corrected chi connectivity index (χ4v) is 4.09. The van der Waals surface area contributed by atoms with Gasteiger partial charge in [0, 0.05) is 0 Å². The predicted octanol–water partition coefficient (Wildman–Crippen LogP) is 6.28. The third-order valence-corrected chi connectivity index (χ3v) is 5.88. The molecule has 0 unspecified atom stereocenters. The minimum absolute atomic E-state index is 0.0263. The molecule has 0 atom stereocenters. The van der Waals surface area contributed by atoms with Crippen LogP contribution < -0.4 is 4.74 Å². The molecule has 3 nitrogen and oxygen atoms in total. The summed E-state index contributed by atoms with van der Waals surface area (Å²) in [4.78, 5) is 12.4. The number of carbonyl (C=O) groups is 1. The summed E-state index contributed by atoms with van der Waals surface area (Å²) < 4.78 is 11.4. The lowest BCUT2D eigenvalue weighted by Crippen LogP contribution is -2.23. The maximum absolute atomic E-state index is 12.4. The SMILES string of the molecule is O=C(OCc1ccccc1)C1CCC(c2ccc(OCc3ccccc3)cc2)CC1. The Morgan fingerprint density at radius 1 is 0.700 bits per heavy atom. The average Bonchev–Trinajstić information content (AvgIpc) is 2.83. The molecule has 3 aromatic carbocycles. The summed E-state index contributed by atoms with van der Waals surface area (Å²) in [7, 11) is 0. The lowest BCUT2D eigenvalue weighted by molar-refractivity contribution is -0.151. The lowest BCUT2D eigenvalue weighted by Gasteiger charge is -2.27. The molecule has 1 fully saturated rings. The monoisotopic (exact) mass is 400 g/mol. The van der Waals surface area contributed by atoms with Gasteiger partial charge in [0.25, 0.3) is 0 Å². The van der Waals surface area contributed by atoms with Gasteiger partial charge in [-0.3, -0.25) is 4.79 Å². The number of hydrogen-bond donors (Lipinski definition) is 0. The fourth-order valence-electron chi connectivity index (χ4n) is 4.09. The molecule has 1 saturated carbocycles. The Morgan fingerprint density at radius 2 is 1.27 bits per heavy atom. The standard InChI is InChI=1S/C27H28O3/c28-27(30-20-22-9-5-2-6-10-22)25-13-11-23(12-14-25)24-15-17-26(18-16-24)29-19-21-7-3-1-4-8-21/h1-10,15-18,23,25H,11-14,19-20H2. The molecule has 0 amide bonds. The molecule has 0 N–H and O–H groups in total. The van der Waals surface area contributed by atoms with Crippen LogP contribution in [0.2, 0.25) is 0 Å². The molecule has 4 rings (SSSR count). The number of ether oxygens (including phenoxy) is 2. The Labute approximate surface area is 178 Å². The van der Waals surface area contributed by atoms with Crippen LogP contribution >= 0.6 is 0 Å². The van der Waals surface area contributed by atoms with E-state index in [-0.39, 0.29) is 11.9 Å². The maximum Gasteiger partial charge on any atom is 0.309 e. The fraction of sp³-hybridized carbons (Fsp3) is 0.296. The summed E-state index contributed by atoms with van der Waals surface area (Å²) >= 11 is 0. The average molecular weight is 401 g/mol. The van der Waals surface area contributed by atoms with Gasteiger partial charge in [0.1, 0.15) is 19.0 Å². The third kappa shape index (κ3) is 5.50. The molecule has 0 aliphatic heterocycles. The molecule has 154 valence electrons. The van der Waals surface area contributed by atoms with Crippen LogP contribution in [-0.4, -0.2) is 5.97 Å². The van der Waals surface area contributed by atoms with Crippen molar-refractivity contribution in [2.45, 2.75) is 44.8 Å². The molecule has 1 aliphatic rings. The zero-order chi connectivity index (χ0) is 20.6. The first-order chi connectivity index (χ1) is 14.8. The molecule has 0 bridgehead atoms. The highest BCUT2D eigenvalue weighted by atomic mass is 16.5. The highest BCUT2D eigenvalue weighted by molar-refractivity contribution is 5.72. The molecule has 0 radical (unpaired) electrons. The second kappa shape index (κ2) is 10.1. The van der Waals surface area contributed by atoms with Crippen LogP contribution in [0.3, 0.4) is 0 Å². The Hall–Kier alpha value is -3.07. The summed E-state index contributed by atoms with van der Waals surface area (Å²) in [5.41, 5.74) is 3.53. The summed E-state index contributed by atoms with van der Waals surface area (Å²) in [5.74, 6) is 1.37. The molecule has 3 heteroatoms. The molecule has 1 aliphatic carbocycles. The molecule has 0 heterocycles. The second-order valence-electron chi connectivity index (χ2n) is 7.99. The van der Waals surface area contributed by atoms with Gasteiger partial charge in [0.2, 0.25) is 0 Å². The molecule has 30 heavy (non-hydrogen) atoms. The second-order valence-corrected chi connectivity index (χ2v) is 7.99. The molecule has 0 spiro atoms. The predicted molar refractivity (Wildman–Crippen MR) is 118 cm³/mol. The van der Waals surface area contributed by atoms with Crippen molar-refractivity contribution in [3.05, 3.63) is 102 Å². The zero-order valence-electron chi connectivity index (χ0n) is 17.2. The quantitative estimate of drug-likeness (QED) is 0.438. The van der Waals surface area contributed by atoms with Gasteiger partial charge in [-0.15, -0.1) is 0 Å². The Balaban J connectivity index is 1.23. The highest BCUT2D eigenvalue weighted by Crippen LogP contribution is 2.37. The van der Waals surface area contributed by atoms with Gasteiger partial charge >= 0.3 is 5.97 Å². The number of rotatable bonds is 7. The van der Waals surface area contributed by atoms with Crippen molar-refractivity contribution < 1.29 is 14.3 Å². The van der Waals surface area contributed by atoms with Crippen LogP contribution in [-0.2, 0) is 22.7 Å². The molecule has 0 saturated heterocycles. The largest absolute Gasteiger partial charge is 0.489 e. The van der Waals surface area contributed by atoms with Gasteiger partial charge in [-0.1, -0.05) is 72.8 Å². The van der Waals surface area contributed by atoms with E-state index in [1.54, 1.807) is 0 Å².